The second-order valence-electron chi connectivity index (χ2n) is 4.56. The smallest absolute Gasteiger partial charge is 0.0476 e. The first-order valence-electron chi connectivity index (χ1n) is 6.28. The normalized spacial score (nSPS) is 17.3. The molecule has 3 heteroatoms. The van der Waals surface area contributed by atoms with Gasteiger partial charge in [0, 0.05) is 29.9 Å². The monoisotopic (exact) mass is 251 g/mol. The maximum atomic E-state index is 5.40. The fourth-order valence-electron chi connectivity index (χ4n) is 2.13. The molecule has 1 N–H and O–H groups in total. The number of rotatable bonds is 4. The van der Waals surface area contributed by atoms with Gasteiger partial charge in [0.25, 0.3) is 0 Å². The van der Waals surface area contributed by atoms with Crippen LogP contribution in [0.2, 0.25) is 0 Å². The molecule has 1 saturated heterocycles. The first kappa shape index (κ1) is 12.9. The van der Waals surface area contributed by atoms with Gasteiger partial charge in [-0.1, -0.05) is 12.1 Å². The average molecular weight is 251 g/mol. The van der Waals surface area contributed by atoms with E-state index in [1.54, 1.807) is 0 Å². The molecule has 94 valence electrons. The quantitative estimate of drug-likeness (QED) is 0.889. The van der Waals surface area contributed by atoms with Crippen LogP contribution in [0.1, 0.15) is 24.0 Å². The molecule has 0 unspecified atom stereocenters. The van der Waals surface area contributed by atoms with Crippen molar-refractivity contribution in [1.29, 1.82) is 0 Å². The minimum absolute atomic E-state index is 0.734. The Morgan fingerprint density at radius 2 is 2.12 bits per heavy atom. The standard InChI is InChI=1S/C14H21NOS/c1-11-9-12(10-15-2)3-4-14(11)17-13-5-7-16-8-6-13/h3-4,9,13,15H,5-8,10H2,1-2H3. The maximum Gasteiger partial charge on any atom is 0.0476 e. The number of benzene rings is 1. The second kappa shape index (κ2) is 6.43. The summed E-state index contributed by atoms with van der Waals surface area (Å²) < 4.78 is 5.40. The summed E-state index contributed by atoms with van der Waals surface area (Å²) in [6.07, 6.45) is 2.37. The van der Waals surface area contributed by atoms with Crippen LogP contribution in [0.4, 0.5) is 0 Å². The third kappa shape index (κ3) is 3.73. The zero-order valence-corrected chi connectivity index (χ0v) is 11.5. The van der Waals surface area contributed by atoms with Crippen molar-refractivity contribution >= 4 is 11.8 Å². The predicted molar refractivity (Wildman–Crippen MR) is 73.6 cm³/mol. The molecule has 0 atom stereocenters. The Morgan fingerprint density at radius 1 is 1.35 bits per heavy atom. The molecule has 0 bridgehead atoms. The SMILES string of the molecule is CNCc1ccc(SC2CCOCC2)c(C)c1. The third-order valence-corrected chi connectivity index (χ3v) is 4.60. The van der Waals surface area contributed by atoms with E-state index in [1.807, 2.05) is 18.8 Å². The molecular weight excluding hydrogens is 230 g/mol. The minimum Gasteiger partial charge on any atom is -0.381 e. The van der Waals surface area contributed by atoms with E-state index in [1.165, 1.54) is 28.9 Å². The summed E-state index contributed by atoms with van der Waals surface area (Å²) in [5, 5.41) is 3.92. The zero-order chi connectivity index (χ0) is 12.1. The van der Waals surface area contributed by atoms with E-state index in [-0.39, 0.29) is 0 Å². The van der Waals surface area contributed by atoms with Crippen molar-refractivity contribution in [2.24, 2.45) is 0 Å². The summed E-state index contributed by atoms with van der Waals surface area (Å²) in [4.78, 5) is 1.43. The van der Waals surface area contributed by atoms with Crippen molar-refractivity contribution in [3.05, 3.63) is 29.3 Å². The Balaban J connectivity index is 2.00. The van der Waals surface area contributed by atoms with Crippen molar-refractivity contribution in [3.63, 3.8) is 0 Å². The van der Waals surface area contributed by atoms with E-state index < -0.39 is 0 Å². The fourth-order valence-corrected chi connectivity index (χ4v) is 3.31. The van der Waals surface area contributed by atoms with Gasteiger partial charge in [0.05, 0.1) is 0 Å². The molecule has 0 amide bonds. The van der Waals surface area contributed by atoms with E-state index in [4.69, 9.17) is 4.74 Å². The molecule has 1 fully saturated rings. The highest BCUT2D eigenvalue weighted by atomic mass is 32.2. The highest BCUT2D eigenvalue weighted by Gasteiger charge is 2.15. The summed E-state index contributed by atoms with van der Waals surface area (Å²) in [7, 11) is 1.99. The largest absolute Gasteiger partial charge is 0.381 e. The summed E-state index contributed by atoms with van der Waals surface area (Å²) in [5.41, 5.74) is 2.76. The van der Waals surface area contributed by atoms with Crippen LogP contribution in [0.3, 0.4) is 0 Å². The molecule has 2 rings (SSSR count). The first-order chi connectivity index (χ1) is 8.29. The molecule has 1 aliphatic rings. The van der Waals surface area contributed by atoms with Crippen molar-refractivity contribution in [2.45, 2.75) is 36.5 Å². The van der Waals surface area contributed by atoms with E-state index in [2.05, 4.69) is 30.4 Å². The third-order valence-electron chi connectivity index (χ3n) is 3.08. The summed E-state index contributed by atoms with van der Waals surface area (Å²) in [6, 6.07) is 6.78. The van der Waals surface area contributed by atoms with Crippen LogP contribution >= 0.6 is 11.8 Å². The minimum atomic E-state index is 0.734. The Morgan fingerprint density at radius 3 is 2.76 bits per heavy atom. The fraction of sp³-hybridized carbons (Fsp3) is 0.571. The average Bonchev–Trinajstić information content (AvgIpc) is 2.34. The summed E-state index contributed by atoms with van der Waals surface area (Å²) in [6.45, 7) is 5.01. The molecule has 0 aromatic heterocycles. The van der Waals surface area contributed by atoms with Gasteiger partial charge in [0.1, 0.15) is 0 Å². The number of thioether (sulfide) groups is 1. The second-order valence-corrected chi connectivity index (χ2v) is 5.90. The van der Waals surface area contributed by atoms with Crippen molar-refractivity contribution < 1.29 is 4.74 Å². The van der Waals surface area contributed by atoms with Gasteiger partial charge in [-0.05, 0) is 44.0 Å². The lowest BCUT2D eigenvalue weighted by molar-refractivity contribution is 0.100. The zero-order valence-electron chi connectivity index (χ0n) is 10.7. The van der Waals surface area contributed by atoms with Gasteiger partial charge < -0.3 is 10.1 Å². The Bertz CT molecular complexity index is 361. The molecule has 0 saturated carbocycles. The molecule has 0 radical (unpaired) electrons. The van der Waals surface area contributed by atoms with Crippen molar-refractivity contribution in [1.82, 2.24) is 5.32 Å². The highest BCUT2D eigenvalue weighted by Crippen LogP contribution is 2.32. The number of ether oxygens (including phenoxy) is 1. The Labute approximate surface area is 108 Å². The molecular formula is C14H21NOS. The highest BCUT2D eigenvalue weighted by molar-refractivity contribution is 8.00. The number of hydrogen-bond donors (Lipinski definition) is 1. The molecule has 1 aromatic rings. The Kier molecular flexibility index (Phi) is 4.89. The number of hydrogen-bond acceptors (Lipinski definition) is 3. The van der Waals surface area contributed by atoms with Gasteiger partial charge in [-0.2, -0.15) is 0 Å². The van der Waals surface area contributed by atoms with Crippen LogP contribution in [0, 0.1) is 6.92 Å². The van der Waals surface area contributed by atoms with Gasteiger partial charge in [-0.25, -0.2) is 0 Å². The van der Waals surface area contributed by atoms with Gasteiger partial charge in [0.2, 0.25) is 0 Å². The van der Waals surface area contributed by atoms with E-state index in [9.17, 15) is 0 Å². The van der Waals surface area contributed by atoms with Crippen LogP contribution in [0.5, 0.6) is 0 Å². The lowest BCUT2D eigenvalue weighted by atomic mass is 10.1. The number of nitrogens with one attached hydrogen (secondary N) is 1. The molecule has 2 nitrogen and oxygen atoms in total. The van der Waals surface area contributed by atoms with E-state index in [0.29, 0.717) is 0 Å². The Hall–Kier alpha value is -0.510. The van der Waals surface area contributed by atoms with Gasteiger partial charge >= 0.3 is 0 Å². The molecule has 1 aliphatic heterocycles. The molecule has 17 heavy (non-hydrogen) atoms. The van der Waals surface area contributed by atoms with Crippen LogP contribution in [-0.4, -0.2) is 25.5 Å². The van der Waals surface area contributed by atoms with Gasteiger partial charge in [-0.15, -0.1) is 11.8 Å². The predicted octanol–water partition coefficient (Wildman–Crippen LogP) is 2.99. The summed E-state index contributed by atoms with van der Waals surface area (Å²) >= 11 is 2.02. The van der Waals surface area contributed by atoms with Crippen LogP contribution in [0.25, 0.3) is 0 Å². The van der Waals surface area contributed by atoms with Crippen LogP contribution < -0.4 is 5.32 Å². The first-order valence-corrected chi connectivity index (χ1v) is 7.16. The molecule has 1 heterocycles. The lowest BCUT2D eigenvalue weighted by Crippen LogP contribution is -2.17. The molecule has 0 aliphatic carbocycles. The van der Waals surface area contributed by atoms with Crippen molar-refractivity contribution in [2.75, 3.05) is 20.3 Å². The summed E-state index contributed by atoms with van der Waals surface area (Å²) in [5.74, 6) is 0. The molecule has 1 aromatic carbocycles. The number of aryl methyl sites for hydroxylation is 1. The van der Waals surface area contributed by atoms with Crippen LogP contribution in [-0.2, 0) is 11.3 Å². The van der Waals surface area contributed by atoms with Gasteiger partial charge in [0.15, 0.2) is 0 Å². The molecule has 0 spiro atoms. The lowest BCUT2D eigenvalue weighted by Gasteiger charge is -2.22. The van der Waals surface area contributed by atoms with E-state index >= 15 is 0 Å². The van der Waals surface area contributed by atoms with Crippen LogP contribution in [0.15, 0.2) is 23.1 Å². The van der Waals surface area contributed by atoms with Crippen molar-refractivity contribution in [3.8, 4) is 0 Å². The topological polar surface area (TPSA) is 21.3 Å². The van der Waals surface area contributed by atoms with Gasteiger partial charge in [-0.3, -0.25) is 0 Å². The van der Waals surface area contributed by atoms with E-state index in [0.717, 1.165) is 25.0 Å². The maximum absolute atomic E-state index is 5.40.